The first-order valence-electron chi connectivity index (χ1n) is 12.2. The van der Waals surface area contributed by atoms with Crippen LogP contribution < -0.4 is 4.74 Å². The molecule has 35 heavy (non-hydrogen) atoms. The Labute approximate surface area is 209 Å². The number of rotatable bonds is 14. The van der Waals surface area contributed by atoms with E-state index in [1.807, 2.05) is 73.1 Å². The van der Waals surface area contributed by atoms with E-state index in [4.69, 9.17) is 19.3 Å². The van der Waals surface area contributed by atoms with Gasteiger partial charge in [-0.2, -0.15) is 5.10 Å². The van der Waals surface area contributed by atoms with E-state index in [1.165, 1.54) is 0 Å². The van der Waals surface area contributed by atoms with Crippen molar-refractivity contribution in [2.75, 3.05) is 40.0 Å². The maximum absolute atomic E-state index is 10.6. The Kier molecular flexibility index (Phi) is 10.3. The van der Waals surface area contributed by atoms with Gasteiger partial charge in [-0.25, -0.2) is 4.68 Å². The third kappa shape index (κ3) is 8.18. The largest absolute Gasteiger partial charge is 0.439 e. The van der Waals surface area contributed by atoms with E-state index < -0.39 is 6.10 Å². The van der Waals surface area contributed by atoms with Gasteiger partial charge in [0.1, 0.15) is 5.75 Å². The molecule has 190 valence electrons. The molecule has 0 fully saturated rings. The summed E-state index contributed by atoms with van der Waals surface area (Å²) in [6.45, 7) is 11.4. The van der Waals surface area contributed by atoms with Crippen LogP contribution in [0.25, 0.3) is 5.69 Å². The van der Waals surface area contributed by atoms with Crippen LogP contribution in [-0.2, 0) is 16.0 Å². The molecular weight excluding hydrogens is 442 g/mol. The first kappa shape index (κ1) is 26.9. The Morgan fingerprint density at radius 2 is 1.80 bits per heavy atom. The topological polar surface area (TPSA) is 69.0 Å². The number of aromatic nitrogens is 2. The fourth-order valence-corrected chi connectivity index (χ4v) is 3.83. The standard InChI is InChI=1S/C28H39N3O4/c1-21(2)19-34-20-25(32)17-30(14-15-33-5)18-27-23(4)29-31(24-11-7-6-8-12-24)28(27)35-26-13-9-10-22(3)16-26/h6-13,16,21,25,32H,14-15,17-20H2,1-5H3/t25-/m1/s1. The van der Waals surface area contributed by atoms with Crippen molar-refractivity contribution in [2.45, 2.75) is 40.3 Å². The number of para-hydroxylation sites is 1. The fraction of sp³-hybridized carbons (Fsp3) is 0.464. The predicted octanol–water partition coefficient (Wildman–Crippen LogP) is 4.76. The highest BCUT2D eigenvalue weighted by Crippen LogP contribution is 2.32. The molecular formula is C28H39N3O4. The Balaban J connectivity index is 1.89. The first-order chi connectivity index (χ1) is 16.9. The summed E-state index contributed by atoms with van der Waals surface area (Å²) in [5.74, 6) is 1.86. The van der Waals surface area contributed by atoms with Crippen molar-refractivity contribution in [3.63, 3.8) is 0 Å². The molecule has 0 bridgehead atoms. The molecule has 3 aromatic rings. The SMILES string of the molecule is COCCN(Cc1c(C)nn(-c2ccccc2)c1Oc1cccc(C)c1)C[C@@H](O)COCC(C)C. The minimum absolute atomic E-state index is 0.302. The number of benzene rings is 2. The molecule has 3 rings (SSSR count). The van der Waals surface area contributed by atoms with E-state index >= 15 is 0 Å². The number of nitrogens with zero attached hydrogens (tertiary/aromatic N) is 3. The van der Waals surface area contributed by atoms with Gasteiger partial charge in [0.05, 0.1) is 36.3 Å². The third-order valence-corrected chi connectivity index (χ3v) is 5.57. The lowest BCUT2D eigenvalue weighted by atomic mass is 10.2. The average molecular weight is 482 g/mol. The van der Waals surface area contributed by atoms with Crippen LogP contribution in [0.5, 0.6) is 11.6 Å². The minimum Gasteiger partial charge on any atom is -0.439 e. The number of ether oxygens (including phenoxy) is 3. The molecule has 0 saturated carbocycles. The lowest BCUT2D eigenvalue weighted by Crippen LogP contribution is -2.37. The molecule has 7 nitrogen and oxygen atoms in total. The summed E-state index contributed by atoms with van der Waals surface area (Å²) in [5.41, 5.74) is 3.90. The Morgan fingerprint density at radius 3 is 2.49 bits per heavy atom. The molecule has 2 aromatic carbocycles. The highest BCUT2D eigenvalue weighted by molar-refractivity contribution is 5.43. The van der Waals surface area contributed by atoms with Crippen molar-refractivity contribution in [3.05, 3.63) is 71.4 Å². The molecule has 1 N–H and O–H groups in total. The van der Waals surface area contributed by atoms with Crippen LogP contribution in [0.2, 0.25) is 0 Å². The van der Waals surface area contributed by atoms with E-state index in [9.17, 15) is 5.11 Å². The summed E-state index contributed by atoms with van der Waals surface area (Å²) >= 11 is 0. The fourth-order valence-electron chi connectivity index (χ4n) is 3.83. The quantitative estimate of drug-likeness (QED) is 0.358. The second kappa shape index (κ2) is 13.4. The maximum atomic E-state index is 10.6. The van der Waals surface area contributed by atoms with Crippen molar-refractivity contribution in [3.8, 4) is 17.3 Å². The molecule has 1 aromatic heterocycles. The average Bonchev–Trinajstić information content (AvgIpc) is 3.12. The van der Waals surface area contributed by atoms with Crippen molar-refractivity contribution >= 4 is 0 Å². The lowest BCUT2D eigenvalue weighted by Gasteiger charge is -2.25. The summed E-state index contributed by atoms with van der Waals surface area (Å²) in [6, 6.07) is 18.0. The monoisotopic (exact) mass is 481 g/mol. The van der Waals surface area contributed by atoms with Gasteiger partial charge in [0.25, 0.3) is 0 Å². The molecule has 0 amide bonds. The molecule has 1 heterocycles. The normalized spacial score (nSPS) is 12.5. The molecule has 7 heteroatoms. The van der Waals surface area contributed by atoms with Gasteiger partial charge < -0.3 is 19.3 Å². The van der Waals surface area contributed by atoms with E-state index in [-0.39, 0.29) is 0 Å². The van der Waals surface area contributed by atoms with Crippen LogP contribution in [0, 0.1) is 19.8 Å². The molecule has 0 aliphatic heterocycles. The Bertz CT molecular complexity index is 1040. The van der Waals surface area contributed by atoms with Crippen molar-refractivity contribution in [2.24, 2.45) is 5.92 Å². The molecule has 0 radical (unpaired) electrons. The summed E-state index contributed by atoms with van der Waals surface area (Å²) in [4.78, 5) is 2.16. The maximum Gasteiger partial charge on any atom is 0.227 e. The van der Waals surface area contributed by atoms with Gasteiger partial charge in [-0.1, -0.05) is 44.2 Å². The predicted molar refractivity (Wildman–Crippen MR) is 138 cm³/mol. The summed E-state index contributed by atoms with van der Waals surface area (Å²) in [7, 11) is 1.69. The number of hydrogen-bond acceptors (Lipinski definition) is 6. The van der Waals surface area contributed by atoms with E-state index in [2.05, 4.69) is 18.7 Å². The van der Waals surface area contributed by atoms with Crippen LogP contribution in [0.4, 0.5) is 0 Å². The Hall–Kier alpha value is -2.71. The van der Waals surface area contributed by atoms with Gasteiger partial charge >= 0.3 is 0 Å². The van der Waals surface area contributed by atoms with Gasteiger partial charge in [-0.15, -0.1) is 0 Å². The smallest absolute Gasteiger partial charge is 0.227 e. The zero-order chi connectivity index (χ0) is 25.2. The zero-order valence-corrected chi connectivity index (χ0v) is 21.6. The van der Waals surface area contributed by atoms with E-state index in [0.29, 0.717) is 51.3 Å². The van der Waals surface area contributed by atoms with Gasteiger partial charge in [0, 0.05) is 33.4 Å². The zero-order valence-electron chi connectivity index (χ0n) is 21.6. The van der Waals surface area contributed by atoms with Crippen LogP contribution >= 0.6 is 0 Å². The second-order valence-electron chi connectivity index (χ2n) is 9.35. The molecule has 0 unspecified atom stereocenters. The molecule has 1 atom stereocenters. The molecule has 0 spiro atoms. The highest BCUT2D eigenvalue weighted by Gasteiger charge is 2.22. The number of aliphatic hydroxyl groups is 1. The summed E-state index contributed by atoms with van der Waals surface area (Å²) in [5, 5.41) is 15.5. The number of hydrogen-bond donors (Lipinski definition) is 1. The summed E-state index contributed by atoms with van der Waals surface area (Å²) in [6.07, 6.45) is -0.601. The van der Waals surface area contributed by atoms with Gasteiger partial charge in [0.2, 0.25) is 5.88 Å². The van der Waals surface area contributed by atoms with Gasteiger partial charge in [-0.3, -0.25) is 4.90 Å². The van der Waals surface area contributed by atoms with E-state index in [1.54, 1.807) is 7.11 Å². The van der Waals surface area contributed by atoms with Gasteiger partial charge in [-0.05, 0) is 49.6 Å². The van der Waals surface area contributed by atoms with Crippen LogP contribution in [0.1, 0.15) is 30.7 Å². The lowest BCUT2D eigenvalue weighted by molar-refractivity contribution is 0.00324. The highest BCUT2D eigenvalue weighted by atomic mass is 16.5. The van der Waals surface area contributed by atoms with Crippen molar-refractivity contribution in [1.82, 2.24) is 14.7 Å². The van der Waals surface area contributed by atoms with Crippen LogP contribution in [-0.4, -0.2) is 65.9 Å². The Morgan fingerprint density at radius 1 is 1.03 bits per heavy atom. The molecule has 0 saturated heterocycles. The molecule has 0 aliphatic carbocycles. The number of aryl methyl sites for hydroxylation is 2. The molecule has 0 aliphatic rings. The number of methoxy groups -OCH3 is 1. The second-order valence-corrected chi connectivity index (χ2v) is 9.35. The van der Waals surface area contributed by atoms with Crippen molar-refractivity contribution in [1.29, 1.82) is 0 Å². The van der Waals surface area contributed by atoms with E-state index in [0.717, 1.165) is 28.3 Å². The van der Waals surface area contributed by atoms with Crippen LogP contribution in [0.15, 0.2) is 54.6 Å². The van der Waals surface area contributed by atoms with Gasteiger partial charge in [0.15, 0.2) is 0 Å². The third-order valence-electron chi connectivity index (χ3n) is 5.57. The summed E-state index contributed by atoms with van der Waals surface area (Å²) < 4.78 is 19.3. The van der Waals surface area contributed by atoms with Crippen LogP contribution in [0.3, 0.4) is 0 Å². The first-order valence-corrected chi connectivity index (χ1v) is 12.2. The number of aliphatic hydroxyl groups excluding tert-OH is 1. The minimum atomic E-state index is -0.601. The van der Waals surface area contributed by atoms with Crippen molar-refractivity contribution < 1.29 is 19.3 Å².